The van der Waals surface area contributed by atoms with E-state index < -0.39 is 6.10 Å². The highest BCUT2D eigenvalue weighted by Crippen LogP contribution is 2.27. The molecule has 0 amide bonds. The average molecular weight is 278 g/mol. The van der Waals surface area contributed by atoms with Gasteiger partial charge in [-0.05, 0) is 38.7 Å². The molecule has 1 N–H and O–H groups in total. The number of methoxy groups -OCH3 is 1. The highest BCUT2D eigenvalue weighted by Gasteiger charge is 2.24. The predicted octanol–water partition coefficient (Wildman–Crippen LogP) is 3.20. The summed E-state index contributed by atoms with van der Waals surface area (Å²) in [6.07, 6.45) is 12.1. The van der Waals surface area contributed by atoms with Crippen molar-refractivity contribution in [1.29, 1.82) is 0 Å². The molecule has 3 nitrogen and oxygen atoms in total. The monoisotopic (exact) mass is 278 g/mol. The molecule has 0 aliphatic heterocycles. The van der Waals surface area contributed by atoms with Gasteiger partial charge in [-0.3, -0.25) is 4.79 Å². The second-order valence-electron chi connectivity index (χ2n) is 5.28. The summed E-state index contributed by atoms with van der Waals surface area (Å²) < 4.78 is 5.26. The Morgan fingerprint density at radius 2 is 2.15 bits per heavy atom. The van der Waals surface area contributed by atoms with Gasteiger partial charge >= 0.3 is 0 Å². The molecule has 20 heavy (non-hydrogen) atoms. The molecule has 0 spiro atoms. The van der Waals surface area contributed by atoms with Crippen LogP contribution in [-0.4, -0.2) is 30.2 Å². The lowest BCUT2D eigenvalue weighted by Gasteiger charge is -2.15. The van der Waals surface area contributed by atoms with Crippen molar-refractivity contribution in [1.82, 2.24) is 0 Å². The zero-order valence-corrected chi connectivity index (χ0v) is 12.7. The van der Waals surface area contributed by atoms with Crippen LogP contribution in [0.25, 0.3) is 0 Å². The van der Waals surface area contributed by atoms with Gasteiger partial charge in [0.15, 0.2) is 5.78 Å². The molecular weight excluding hydrogens is 252 g/mol. The second-order valence-corrected chi connectivity index (χ2v) is 5.28. The molecule has 1 rings (SSSR count). The number of carbonyl (C=O) groups excluding carboxylic acids is 1. The van der Waals surface area contributed by atoms with Crippen molar-refractivity contribution in [3.63, 3.8) is 0 Å². The van der Waals surface area contributed by atoms with E-state index in [2.05, 4.69) is 6.92 Å². The lowest BCUT2D eigenvalue weighted by Crippen LogP contribution is -2.14. The first-order valence-corrected chi connectivity index (χ1v) is 7.36. The Morgan fingerprint density at radius 1 is 1.40 bits per heavy atom. The Balaban J connectivity index is 2.55. The summed E-state index contributed by atoms with van der Waals surface area (Å²) in [6.45, 7) is 4.06. The summed E-state index contributed by atoms with van der Waals surface area (Å²) in [7, 11) is 1.68. The van der Waals surface area contributed by atoms with Crippen LogP contribution in [0.4, 0.5) is 0 Å². The molecular formula is C17H26O3. The van der Waals surface area contributed by atoms with Crippen LogP contribution < -0.4 is 0 Å². The van der Waals surface area contributed by atoms with Crippen LogP contribution in [0, 0.1) is 5.92 Å². The molecule has 112 valence electrons. The van der Waals surface area contributed by atoms with Crippen LogP contribution in [0.15, 0.2) is 36.0 Å². The Bertz CT molecular complexity index is 393. The number of ether oxygens (including phenoxy) is 1. The van der Waals surface area contributed by atoms with Gasteiger partial charge in [-0.15, -0.1) is 0 Å². The third-order valence-electron chi connectivity index (χ3n) is 3.57. The smallest absolute Gasteiger partial charge is 0.181 e. The molecule has 0 aromatic carbocycles. The van der Waals surface area contributed by atoms with Gasteiger partial charge in [0.25, 0.3) is 0 Å². The third kappa shape index (κ3) is 5.43. The number of allylic oxidation sites excluding steroid dienone is 4. The van der Waals surface area contributed by atoms with Crippen molar-refractivity contribution < 1.29 is 14.6 Å². The second kappa shape index (κ2) is 8.88. The zero-order valence-electron chi connectivity index (χ0n) is 12.7. The van der Waals surface area contributed by atoms with E-state index in [4.69, 9.17) is 4.74 Å². The minimum absolute atomic E-state index is 0.0644. The number of ketones is 1. The van der Waals surface area contributed by atoms with Crippen LogP contribution in [0.2, 0.25) is 0 Å². The summed E-state index contributed by atoms with van der Waals surface area (Å²) in [5, 5.41) is 9.88. The molecule has 0 saturated heterocycles. The minimum atomic E-state index is -0.417. The van der Waals surface area contributed by atoms with Crippen LogP contribution in [0.5, 0.6) is 0 Å². The predicted molar refractivity (Wildman–Crippen MR) is 81.5 cm³/mol. The first-order valence-electron chi connectivity index (χ1n) is 7.36. The fourth-order valence-electron chi connectivity index (χ4n) is 2.28. The molecule has 0 fully saturated rings. The molecule has 0 heterocycles. The number of hydrogen-bond acceptors (Lipinski definition) is 3. The van der Waals surface area contributed by atoms with Crippen molar-refractivity contribution in [2.24, 2.45) is 5.92 Å². The van der Waals surface area contributed by atoms with Crippen molar-refractivity contribution in [2.45, 2.75) is 51.7 Å². The van der Waals surface area contributed by atoms with Crippen LogP contribution in [0.3, 0.4) is 0 Å². The molecule has 1 aliphatic carbocycles. The average Bonchev–Trinajstić information content (AvgIpc) is 2.77. The lowest BCUT2D eigenvalue weighted by atomic mass is 9.94. The van der Waals surface area contributed by atoms with E-state index in [-0.39, 0.29) is 17.8 Å². The van der Waals surface area contributed by atoms with Crippen LogP contribution >= 0.6 is 0 Å². The number of hydrogen-bond donors (Lipinski definition) is 1. The standard InChI is InChI=1S/C17H26O3/c1-4-5-6-7-15(18)9-10-16-14(8-11-17(16)19)12-13(2)20-3/h5-6,8,10-11,13-15,18H,4,7,9,12H2,1-3H3/b6-5-,16-10+. The van der Waals surface area contributed by atoms with E-state index in [0.717, 1.165) is 18.4 Å². The summed E-state index contributed by atoms with van der Waals surface area (Å²) in [5.41, 5.74) is 0.799. The quantitative estimate of drug-likeness (QED) is 0.548. The van der Waals surface area contributed by atoms with Gasteiger partial charge < -0.3 is 9.84 Å². The minimum Gasteiger partial charge on any atom is -0.392 e. The van der Waals surface area contributed by atoms with E-state index in [9.17, 15) is 9.90 Å². The van der Waals surface area contributed by atoms with Gasteiger partial charge in [0.2, 0.25) is 0 Å². The van der Waals surface area contributed by atoms with Crippen molar-refractivity contribution in [2.75, 3.05) is 7.11 Å². The van der Waals surface area contributed by atoms with E-state index in [1.165, 1.54) is 0 Å². The van der Waals surface area contributed by atoms with Gasteiger partial charge in [-0.2, -0.15) is 0 Å². The highest BCUT2D eigenvalue weighted by atomic mass is 16.5. The Labute approximate surface area is 122 Å². The van der Waals surface area contributed by atoms with E-state index in [1.54, 1.807) is 13.2 Å². The van der Waals surface area contributed by atoms with E-state index in [0.29, 0.717) is 12.8 Å². The largest absolute Gasteiger partial charge is 0.392 e. The van der Waals surface area contributed by atoms with E-state index in [1.807, 2.05) is 31.2 Å². The summed E-state index contributed by atoms with van der Waals surface area (Å²) in [5.74, 6) is 0.186. The first kappa shape index (κ1) is 16.9. The summed E-state index contributed by atoms with van der Waals surface area (Å²) >= 11 is 0. The molecule has 0 aromatic heterocycles. The maximum atomic E-state index is 11.8. The number of aliphatic hydroxyl groups excluding tert-OH is 1. The zero-order chi connectivity index (χ0) is 15.0. The normalized spacial score (nSPS) is 23.9. The number of aliphatic hydroxyl groups is 1. The van der Waals surface area contributed by atoms with Gasteiger partial charge in [0.05, 0.1) is 12.2 Å². The van der Waals surface area contributed by atoms with E-state index >= 15 is 0 Å². The lowest BCUT2D eigenvalue weighted by molar-refractivity contribution is -0.111. The fraction of sp³-hybridized carbons (Fsp3) is 0.588. The Kier molecular flexibility index (Phi) is 7.48. The van der Waals surface area contributed by atoms with Crippen molar-refractivity contribution in [3.05, 3.63) is 36.0 Å². The molecule has 3 unspecified atom stereocenters. The van der Waals surface area contributed by atoms with Crippen molar-refractivity contribution in [3.8, 4) is 0 Å². The maximum absolute atomic E-state index is 11.8. The highest BCUT2D eigenvalue weighted by molar-refractivity contribution is 6.07. The van der Waals surface area contributed by atoms with Crippen molar-refractivity contribution >= 4 is 5.78 Å². The maximum Gasteiger partial charge on any atom is 0.181 e. The Hall–Kier alpha value is -1.19. The van der Waals surface area contributed by atoms with Gasteiger partial charge in [-0.25, -0.2) is 0 Å². The van der Waals surface area contributed by atoms with Gasteiger partial charge in [-0.1, -0.05) is 31.2 Å². The number of rotatable bonds is 8. The Morgan fingerprint density at radius 3 is 2.80 bits per heavy atom. The first-order chi connectivity index (χ1) is 9.58. The topological polar surface area (TPSA) is 46.5 Å². The van der Waals surface area contributed by atoms with Gasteiger partial charge in [0, 0.05) is 18.6 Å². The molecule has 1 aliphatic rings. The van der Waals surface area contributed by atoms with Crippen LogP contribution in [-0.2, 0) is 9.53 Å². The molecule has 0 radical (unpaired) electrons. The summed E-state index contributed by atoms with van der Waals surface area (Å²) in [6, 6.07) is 0. The fourth-order valence-corrected chi connectivity index (χ4v) is 2.28. The van der Waals surface area contributed by atoms with Gasteiger partial charge in [0.1, 0.15) is 0 Å². The molecule has 0 aromatic rings. The molecule has 0 bridgehead atoms. The third-order valence-corrected chi connectivity index (χ3v) is 3.57. The molecule has 3 heteroatoms. The SMILES string of the molecule is CC/C=C\CC(O)C/C=C1/C(=O)C=CC1CC(C)OC. The number of carbonyl (C=O) groups is 1. The molecule has 3 atom stereocenters. The van der Waals surface area contributed by atoms with Crippen LogP contribution in [0.1, 0.15) is 39.5 Å². The summed E-state index contributed by atoms with van der Waals surface area (Å²) in [4.78, 5) is 11.8. The molecule has 0 saturated carbocycles.